The van der Waals surface area contributed by atoms with Crippen LogP contribution in [0.15, 0.2) is 41.5 Å². The third-order valence-corrected chi connectivity index (χ3v) is 4.02. The number of rotatable bonds is 8. The van der Waals surface area contributed by atoms with E-state index in [4.69, 9.17) is 21.1 Å². The van der Waals surface area contributed by atoms with Crippen LogP contribution < -0.4 is 20.2 Å². The van der Waals surface area contributed by atoms with E-state index in [2.05, 4.69) is 22.8 Å². The number of hydrogen-bond donors (Lipinski definition) is 3. The number of phenols is 1. The summed E-state index contributed by atoms with van der Waals surface area (Å²) in [7, 11) is 1.38. The number of nitrogens with one attached hydrogen (secondary N) is 2. The van der Waals surface area contributed by atoms with E-state index >= 15 is 0 Å². The van der Waals surface area contributed by atoms with Crippen molar-refractivity contribution in [1.29, 1.82) is 0 Å². The molecule has 0 aliphatic heterocycles. The number of carbonyl (C=O) groups is 2. The molecule has 0 saturated heterocycles. The molecule has 0 aliphatic rings. The first kappa shape index (κ1) is 22.0. The molecule has 0 atom stereocenters. The van der Waals surface area contributed by atoms with Crippen molar-refractivity contribution >= 4 is 35.3 Å². The van der Waals surface area contributed by atoms with Gasteiger partial charge in [0.15, 0.2) is 11.5 Å². The molecule has 154 valence electrons. The molecular weight excluding hydrogens is 398 g/mol. The number of ether oxygens (including phenoxy) is 2. The summed E-state index contributed by atoms with van der Waals surface area (Å²) >= 11 is 5.87. The molecule has 0 fully saturated rings. The smallest absolute Gasteiger partial charge is 0.329 e. The van der Waals surface area contributed by atoms with Gasteiger partial charge in [0.25, 0.3) is 0 Å². The first-order valence-corrected chi connectivity index (χ1v) is 9.26. The maximum Gasteiger partial charge on any atom is 0.329 e. The molecule has 2 aromatic carbocycles. The summed E-state index contributed by atoms with van der Waals surface area (Å²) in [5, 5.41) is 15.9. The number of benzene rings is 2. The minimum absolute atomic E-state index is 0.0667. The van der Waals surface area contributed by atoms with Crippen molar-refractivity contribution in [2.24, 2.45) is 5.10 Å². The van der Waals surface area contributed by atoms with E-state index in [1.54, 1.807) is 24.3 Å². The van der Waals surface area contributed by atoms with Crippen molar-refractivity contribution in [2.45, 2.75) is 19.8 Å². The van der Waals surface area contributed by atoms with Crippen LogP contribution in [0.3, 0.4) is 0 Å². The van der Waals surface area contributed by atoms with Gasteiger partial charge in [0.05, 0.1) is 25.0 Å². The van der Waals surface area contributed by atoms with Crippen LogP contribution in [0.4, 0.5) is 5.69 Å². The van der Waals surface area contributed by atoms with Gasteiger partial charge in [-0.3, -0.25) is 9.59 Å². The highest BCUT2D eigenvalue weighted by atomic mass is 35.5. The van der Waals surface area contributed by atoms with Crippen LogP contribution in [-0.4, -0.2) is 36.9 Å². The minimum atomic E-state index is -0.943. The maximum atomic E-state index is 11.9. The number of amides is 2. The van der Waals surface area contributed by atoms with Crippen molar-refractivity contribution in [3.8, 4) is 17.2 Å². The Labute approximate surface area is 173 Å². The number of methoxy groups -OCH3 is 1. The van der Waals surface area contributed by atoms with Crippen LogP contribution in [0.25, 0.3) is 0 Å². The Morgan fingerprint density at radius 2 is 1.93 bits per heavy atom. The molecule has 0 aliphatic carbocycles. The fraction of sp³-hybridized carbons (Fsp3) is 0.250. The lowest BCUT2D eigenvalue weighted by Crippen LogP contribution is -2.32. The molecule has 2 aromatic rings. The topological polar surface area (TPSA) is 109 Å². The van der Waals surface area contributed by atoms with E-state index in [-0.39, 0.29) is 16.5 Å². The standard InChI is InChI=1S/C20H22ClN3O5/c1-3-4-9-29-15-7-5-14(6-8-15)23-19(26)20(27)24-22-12-13-10-16(21)18(25)17(11-13)28-2/h5-8,10-12,25H,3-4,9H2,1-2H3,(H,23,26)(H,24,27)/b22-12-. The van der Waals surface area contributed by atoms with Gasteiger partial charge in [0.1, 0.15) is 5.75 Å². The lowest BCUT2D eigenvalue weighted by molar-refractivity contribution is -0.136. The number of unbranched alkanes of at least 4 members (excludes halogenated alkanes) is 1. The van der Waals surface area contributed by atoms with Gasteiger partial charge in [-0.05, 0) is 48.4 Å². The van der Waals surface area contributed by atoms with E-state index in [0.29, 0.717) is 23.6 Å². The molecule has 29 heavy (non-hydrogen) atoms. The van der Waals surface area contributed by atoms with Crippen LogP contribution in [-0.2, 0) is 9.59 Å². The highest BCUT2D eigenvalue weighted by molar-refractivity contribution is 6.39. The predicted octanol–water partition coefficient (Wildman–Crippen LogP) is 3.32. The zero-order chi connectivity index (χ0) is 21.2. The van der Waals surface area contributed by atoms with Crippen molar-refractivity contribution in [3.05, 3.63) is 47.0 Å². The molecule has 0 unspecified atom stereocenters. The Balaban J connectivity index is 1.88. The summed E-state index contributed by atoms with van der Waals surface area (Å²) < 4.78 is 10.5. The molecule has 8 nitrogen and oxygen atoms in total. The van der Waals surface area contributed by atoms with Crippen LogP contribution in [0.5, 0.6) is 17.2 Å². The van der Waals surface area contributed by atoms with Gasteiger partial charge in [0, 0.05) is 5.69 Å². The van der Waals surface area contributed by atoms with Gasteiger partial charge in [-0.2, -0.15) is 5.10 Å². The summed E-state index contributed by atoms with van der Waals surface area (Å²) in [4.78, 5) is 23.8. The van der Waals surface area contributed by atoms with Gasteiger partial charge < -0.3 is 19.9 Å². The molecule has 2 amide bonds. The number of hydrogen-bond acceptors (Lipinski definition) is 6. The second-order valence-electron chi connectivity index (χ2n) is 5.93. The number of nitrogens with zero attached hydrogens (tertiary/aromatic N) is 1. The van der Waals surface area contributed by atoms with Gasteiger partial charge in [-0.25, -0.2) is 5.43 Å². The molecule has 0 aromatic heterocycles. The van der Waals surface area contributed by atoms with Crippen LogP contribution in [0.1, 0.15) is 25.3 Å². The number of halogens is 1. The average molecular weight is 420 g/mol. The largest absolute Gasteiger partial charge is 0.503 e. The fourth-order valence-corrected chi connectivity index (χ4v) is 2.42. The third kappa shape index (κ3) is 6.69. The second-order valence-corrected chi connectivity index (χ2v) is 6.34. The predicted molar refractivity (Wildman–Crippen MR) is 111 cm³/mol. The zero-order valence-electron chi connectivity index (χ0n) is 16.1. The Kier molecular flexibility index (Phi) is 8.29. The van der Waals surface area contributed by atoms with Gasteiger partial charge >= 0.3 is 11.8 Å². The molecular formula is C20H22ClN3O5. The zero-order valence-corrected chi connectivity index (χ0v) is 16.8. The van der Waals surface area contributed by atoms with Crippen LogP contribution in [0, 0.1) is 0 Å². The highest BCUT2D eigenvalue weighted by Crippen LogP contribution is 2.34. The third-order valence-electron chi connectivity index (χ3n) is 3.74. The van der Waals surface area contributed by atoms with Gasteiger partial charge in [-0.15, -0.1) is 0 Å². The van der Waals surface area contributed by atoms with E-state index in [1.807, 2.05) is 0 Å². The highest BCUT2D eigenvalue weighted by Gasteiger charge is 2.13. The van der Waals surface area contributed by atoms with Crippen molar-refractivity contribution in [3.63, 3.8) is 0 Å². The SMILES string of the molecule is CCCCOc1ccc(NC(=O)C(=O)N/N=C\c2cc(Cl)c(O)c(OC)c2)cc1. The summed E-state index contributed by atoms with van der Waals surface area (Å²) in [6.07, 6.45) is 3.27. The molecule has 0 heterocycles. The summed E-state index contributed by atoms with van der Waals surface area (Å²) in [5.74, 6) is -1.17. The summed E-state index contributed by atoms with van der Waals surface area (Å²) in [5.41, 5.74) is 3.03. The van der Waals surface area contributed by atoms with E-state index in [9.17, 15) is 14.7 Å². The Morgan fingerprint density at radius 1 is 1.21 bits per heavy atom. The summed E-state index contributed by atoms with van der Waals surface area (Å²) in [6, 6.07) is 9.60. The van der Waals surface area contributed by atoms with Crippen LogP contribution >= 0.6 is 11.6 Å². The molecule has 9 heteroatoms. The second kappa shape index (κ2) is 10.9. The number of anilines is 1. The summed E-state index contributed by atoms with van der Waals surface area (Å²) in [6.45, 7) is 2.70. The molecule has 0 spiro atoms. The van der Waals surface area contributed by atoms with E-state index in [1.165, 1.54) is 25.5 Å². The van der Waals surface area contributed by atoms with Crippen molar-refractivity contribution in [1.82, 2.24) is 5.43 Å². The number of phenolic OH excluding ortho intramolecular Hbond substituents is 1. The van der Waals surface area contributed by atoms with Gasteiger partial charge in [-0.1, -0.05) is 24.9 Å². The molecule has 3 N–H and O–H groups in total. The number of carbonyl (C=O) groups excluding carboxylic acids is 2. The molecule has 2 rings (SSSR count). The molecule has 0 saturated carbocycles. The monoisotopic (exact) mass is 419 g/mol. The maximum absolute atomic E-state index is 11.9. The minimum Gasteiger partial charge on any atom is -0.503 e. The normalized spacial score (nSPS) is 10.6. The Morgan fingerprint density at radius 3 is 2.59 bits per heavy atom. The lowest BCUT2D eigenvalue weighted by Gasteiger charge is -2.07. The average Bonchev–Trinajstić information content (AvgIpc) is 2.71. The van der Waals surface area contributed by atoms with E-state index < -0.39 is 11.8 Å². The Hall–Kier alpha value is -3.26. The fourth-order valence-electron chi connectivity index (χ4n) is 2.20. The Bertz CT molecular complexity index is 884. The van der Waals surface area contributed by atoms with E-state index in [0.717, 1.165) is 12.8 Å². The quantitative estimate of drug-likeness (QED) is 0.263. The number of aromatic hydroxyl groups is 1. The van der Waals surface area contributed by atoms with Crippen LogP contribution in [0.2, 0.25) is 5.02 Å². The molecule has 0 bridgehead atoms. The van der Waals surface area contributed by atoms with Crippen molar-refractivity contribution < 1.29 is 24.2 Å². The van der Waals surface area contributed by atoms with Gasteiger partial charge in [0.2, 0.25) is 0 Å². The lowest BCUT2D eigenvalue weighted by atomic mass is 10.2. The molecule has 0 radical (unpaired) electrons. The first-order valence-electron chi connectivity index (χ1n) is 8.88. The number of hydrazone groups is 1. The first-order chi connectivity index (χ1) is 13.9. The van der Waals surface area contributed by atoms with Crippen molar-refractivity contribution in [2.75, 3.05) is 19.0 Å².